The Morgan fingerprint density at radius 2 is 1.72 bits per heavy atom. The van der Waals surface area contributed by atoms with Gasteiger partial charge in [0.1, 0.15) is 11.7 Å². The van der Waals surface area contributed by atoms with Gasteiger partial charge in [-0.1, -0.05) is 29.8 Å². The van der Waals surface area contributed by atoms with E-state index in [9.17, 15) is 23.6 Å². The van der Waals surface area contributed by atoms with Crippen molar-refractivity contribution in [2.75, 3.05) is 6.54 Å². The maximum absolute atomic E-state index is 14.5. The molecule has 2 atom stereocenters. The number of rotatable bonds is 7. The molecule has 1 aliphatic heterocycles. The van der Waals surface area contributed by atoms with Crippen molar-refractivity contribution in [2.24, 2.45) is 5.92 Å². The number of likely N-dealkylation sites (tertiary alicyclic amines) is 1. The molecule has 0 aliphatic carbocycles. The van der Waals surface area contributed by atoms with E-state index >= 15 is 0 Å². The van der Waals surface area contributed by atoms with E-state index in [0.717, 1.165) is 4.90 Å². The second kappa shape index (κ2) is 8.53. The Bertz CT molecular complexity index is 975. The molecule has 2 unspecified atom stereocenters. The van der Waals surface area contributed by atoms with Crippen molar-refractivity contribution in [1.29, 1.82) is 0 Å². The molecule has 1 fully saturated rings. The van der Waals surface area contributed by atoms with Crippen molar-refractivity contribution in [3.8, 4) is 0 Å². The standard InChI is InChI=1S/C21H17ClFNO5/c22-13-9-7-12(8-10-13)19(27)17-18(14-4-1-2-5-15(14)23)24(21(29)20(17)28)11-3-6-16(25)26/h1-2,4-5,7-10,17-18H,3,6,11H2,(H,25,26). The van der Waals surface area contributed by atoms with E-state index in [4.69, 9.17) is 16.7 Å². The molecule has 0 saturated carbocycles. The number of carbonyl (C=O) groups excluding carboxylic acids is 3. The maximum Gasteiger partial charge on any atom is 0.303 e. The van der Waals surface area contributed by atoms with Crippen molar-refractivity contribution in [3.05, 3.63) is 70.5 Å². The van der Waals surface area contributed by atoms with Gasteiger partial charge in [-0.3, -0.25) is 19.2 Å². The first-order valence-corrected chi connectivity index (χ1v) is 9.30. The van der Waals surface area contributed by atoms with Crippen LogP contribution >= 0.6 is 11.6 Å². The highest BCUT2D eigenvalue weighted by molar-refractivity contribution is 6.44. The summed E-state index contributed by atoms with van der Waals surface area (Å²) in [5.41, 5.74) is 0.212. The normalized spacial score (nSPS) is 18.9. The van der Waals surface area contributed by atoms with E-state index in [0.29, 0.717) is 5.02 Å². The van der Waals surface area contributed by atoms with Crippen LogP contribution in [0, 0.1) is 11.7 Å². The van der Waals surface area contributed by atoms with Crippen molar-refractivity contribution in [1.82, 2.24) is 4.90 Å². The number of ketones is 2. The molecule has 1 aliphatic rings. The number of amides is 1. The van der Waals surface area contributed by atoms with Gasteiger partial charge in [0.15, 0.2) is 5.78 Å². The average Bonchev–Trinajstić information content (AvgIpc) is 2.93. The van der Waals surface area contributed by atoms with E-state index < -0.39 is 41.2 Å². The Labute approximate surface area is 170 Å². The van der Waals surface area contributed by atoms with Crippen LogP contribution in [0.25, 0.3) is 0 Å². The molecule has 1 N–H and O–H groups in total. The van der Waals surface area contributed by atoms with Crippen LogP contribution in [-0.4, -0.2) is 40.0 Å². The summed E-state index contributed by atoms with van der Waals surface area (Å²) < 4.78 is 14.5. The highest BCUT2D eigenvalue weighted by Gasteiger charge is 2.52. The Morgan fingerprint density at radius 3 is 2.34 bits per heavy atom. The first-order valence-electron chi connectivity index (χ1n) is 8.92. The zero-order valence-corrected chi connectivity index (χ0v) is 15.9. The maximum atomic E-state index is 14.5. The third kappa shape index (κ3) is 4.19. The van der Waals surface area contributed by atoms with Crippen LogP contribution in [0.15, 0.2) is 48.5 Å². The largest absolute Gasteiger partial charge is 0.481 e. The zero-order chi connectivity index (χ0) is 21.1. The number of benzene rings is 2. The van der Waals surface area contributed by atoms with Gasteiger partial charge in [0.05, 0.1) is 6.04 Å². The molecule has 0 bridgehead atoms. The van der Waals surface area contributed by atoms with Crippen molar-refractivity contribution >= 4 is 35.0 Å². The number of Topliss-reactive ketones (excluding diaryl/α,β-unsaturated/α-hetero) is 2. The fourth-order valence-corrected chi connectivity index (χ4v) is 3.61. The predicted molar refractivity (Wildman–Crippen MR) is 102 cm³/mol. The molecule has 8 heteroatoms. The molecule has 0 spiro atoms. The van der Waals surface area contributed by atoms with Gasteiger partial charge in [-0.2, -0.15) is 0 Å². The van der Waals surface area contributed by atoms with Gasteiger partial charge in [0.2, 0.25) is 5.78 Å². The second-order valence-corrected chi connectivity index (χ2v) is 7.11. The number of nitrogens with zero attached hydrogens (tertiary/aromatic N) is 1. The Morgan fingerprint density at radius 1 is 1.07 bits per heavy atom. The fourth-order valence-electron chi connectivity index (χ4n) is 3.48. The zero-order valence-electron chi connectivity index (χ0n) is 15.2. The van der Waals surface area contributed by atoms with Crippen LogP contribution in [0.5, 0.6) is 0 Å². The number of halogens is 2. The number of hydrogen-bond acceptors (Lipinski definition) is 4. The SMILES string of the molecule is O=C(O)CCCN1C(=O)C(=O)C(C(=O)c2ccc(Cl)cc2)C1c1ccccc1F. The monoisotopic (exact) mass is 417 g/mol. The minimum Gasteiger partial charge on any atom is -0.481 e. The van der Waals surface area contributed by atoms with E-state index in [-0.39, 0.29) is 30.5 Å². The van der Waals surface area contributed by atoms with Gasteiger partial charge >= 0.3 is 5.97 Å². The molecular weight excluding hydrogens is 401 g/mol. The quantitative estimate of drug-likeness (QED) is 0.424. The van der Waals surface area contributed by atoms with E-state index in [1.165, 1.54) is 42.5 Å². The second-order valence-electron chi connectivity index (χ2n) is 6.68. The van der Waals surface area contributed by atoms with Crippen LogP contribution in [0.4, 0.5) is 4.39 Å². The lowest BCUT2D eigenvalue weighted by Gasteiger charge is -2.27. The number of hydrogen-bond donors (Lipinski definition) is 1. The van der Waals surface area contributed by atoms with Crippen molar-refractivity contribution in [3.63, 3.8) is 0 Å². The first-order chi connectivity index (χ1) is 13.8. The first kappa shape index (κ1) is 20.7. The van der Waals surface area contributed by atoms with Crippen molar-refractivity contribution < 1.29 is 28.7 Å². The van der Waals surface area contributed by atoms with Crippen LogP contribution in [0.3, 0.4) is 0 Å². The Hall–Kier alpha value is -3.06. The van der Waals surface area contributed by atoms with E-state index in [2.05, 4.69) is 0 Å². The van der Waals surface area contributed by atoms with Gasteiger partial charge in [-0.15, -0.1) is 0 Å². The lowest BCUT2D eigenvalue weighted by molar-refractivity contribution is -0.141. The van der Waals surface area contributed by atoms with Gasteiger partial charge in [0.25, 0.3) is 5.91 Å². The smallest absolute Gasteiger partial charge is 0.303 e. The van der Waals surface area contributed by atoms with Crippen LogP contribution in [0.2, 0.25) is 5.02 Å². The molecule has 1 heterocycles. The summed E-state index contributed by atoms with van der Waals surface area (Å²) in [7, 11) is 0. The topological polar surface area (TPSA) is 91.8 Å². The van der Waals surface area contributed by atoms with Crippen LogP contribution < -0.4 is 0 Å². The molecule has 2 aromatic rings. The van der Waals surface area contributed by atoms with Gasteiger partial charge in [0, 0.05) is 29.1 Å². The lowest BCUT2D eigenvalue weighted by Crippen LogP contribution is -2.32. The summed E-state index contributed by atoms with van der Waals surface area (Å²) in [6.45, 7) is -0.0831. The van der Waals surface area contributed by atoms with Crippen molar-refractivity contribution in [2.45, 2.75) is 18.9 Å². The van der Waals surface area contributed by atoms with Gasteiger partial charge < -0.3 is 10.0 Å². The van der Waals surface area contributed by atoms with Crippen LogP contribution in [0.1, 0.15) is 34.8 Å². The molecule has 150 valence electrons. The lowest BCUT2D eigenvalue weighted by atomic mass is 9.86. The molecule has 29 heavy (non-hydrogen) atoms. The number of carbonyl (C=O) groups is 4. The summed E-state index contributed by atoms with van der Waals surface area (Å²) in [6.07, 6.45) is -0.154. The van der Waals surface area contributed by atoms with E-state index in [1.807, 2.05) is 0 Å². The molecule has 1 amide bonds. The summed E-state index contributed by atoms with van der Waals surface area (Å²) >= 11 is 5.84. The average molecular weight is 418 g/mol. The van der Waals surface area contributed by atoms with Crippen LogP contribution in [-0.2, 0) is 14.4 Å². The third-order valence-corrected chi connectivity index (χ3v) is 5.08. The Balaban J connectivity index is 2.02. The molecular formula is C21H17ClFNO5. The Kier molecular flexibility index (Phi) is 6.08. The van der Waals surface area contributed by atoms with E-state index in [1.54, 1.807) is 6.07 Å². The fraction of sp³-hybridized carbons (Fsp3) is 0.238. The molecule has 6 nitrogen and oxygen atoms in total. The minimum absolute atomic E-state index is 0.0364. The molecule has 0 aromatic heterocycles. The van der Waals surface area contributed by atoms with Gasteiger partial charge in [-0.25, -0.2) is 4.39 Å². The third-order valence-electron chi connectivity index (χ3n) is 4.83. The highest BCUT2D eigenvalue weighted by atomic mass is 35.5. The number of carboxylic acids is 1. The number of aliphatic carboxylic acids is 1. The summed E-state index contributed by atoms with van der Waals surface area (Å²) in [5.74, 6) is -5.61. The summed E-state index contributed by atoms with van der Waals surface area (Å²) in [4.78, 5) is 50.3. The number of carboxylic acid groups (broad SMARTS) is 1. The minimum atomic E-state index is -1.43. The molecule has 0 radical (unpaired) electrons. The molecule has 2 aromatic carbocycles. The molecule has 1 saturated heterocycles. The molecule has 3 rings (SSSR count). The summed E-state index contributed by atoms with van der Waals surface area (Å²) in [5, 5.41) is 9.25. The summed E-state index contributed by atoms with van der Waals surface area (Å²) in [6, 6.07) is 10.3. The van der Waals surface area contributed by atoms with Gasteiger partial charge in [-0.05, 0) is 36.8 Å². The predicted octanol–water partition coefficient (Wildman–Crippen LogP) is 3.30. The highest BCUT2D eigenvalue weighted by Crippen LogP contribution is 2.39.